The smallest absolute Gasteiger partial charge is 0.330 e. The molecule has 508 valence electrons. The largest absolute Gasteiger partial charge is 0.497 e. The third-order valence-electron chi connectivity index (χ3n) is 10.3. The lowest BCUT2D eigenvalue weighted by atomic mass is 10.1. The zero-order valence-electron chi connectivity index (χ0n) is 53.2. The highest BCUT2D eigenvalue weighted by Gasteiger charge is 2.02. The number of aliphatic hydroxyl groups excluding tert-OH is 2. The number of methoxy groups -OCH3 is 4. The molecule has 5 rings (SSSR count). The molecule has 0 aliphatic rings. The number of carbonyl (C=O) groups is 7. The van der Waals surface area contributed by atoms with Gasteiger partial charge in [-0.3, -0.25) is 19.2 Å². The van der Waals surface area contributed by atoms with Gasteiger partial charge in [-0.2, -0.15) is 12.6 Å². The Morgan fingerprint density at radius 1 is 0.500 bits per heavy atom. The molecule has 0 spiro atoms. The van der Waals surface area contributed by atoms with E-state index in [1.165, 1.54) is 42.0 Å². The van der Waals surface area contributed by atoms with Gasteiger partial charge in [-0.05, 0) is 170 Å². The van der Waals surface area contributed by atoms with E-state index in [2.05, 4.69) is 12.6 Å². The summed E-state index contributed by atoms with van der Waals surface area (Å²) in [6, 6.07) is 37.2. The first-order valence-electron chi connectivity index (χ1n) is 28.0. The van der Waals surface area contributed by atoms with Crippen LogP contribution >= 0.6 is 47.6 Å². The number of benzene rings is 5. The monoisotopic (exact) mass is 1400 g/mol. The average Bonchev–Trinajstić information content (AvgIpc) is 1.44. The number of carbonyl (C=O) groups excluding carboxylic acids is 6. The van der Waals surface area contributed by atoms with E-state index in [1.807, 2.05) is 136 Å². The summed E-state index contributed by atoms with van der Waals surface area (Å²) in [5, 5.41) is 24.0. The quantitative estimate of drug-likeness (QED) is 0.00955. The first-order chi connectivity index (χ1) is 44.6. The maximum atomic E-state index is 11.5. The molecular weight excluding hydrogens is 1320 g/mol. The van der Waals surface area contributed by atoms with E-state index < -0.39 is 22.4 Å². The van der Waals surface area contributed by atoms with Gasteiger partial charge in [0.15, 0.2) is 5.78 Å². The van der Waals surface area contributed by atoms with E-state index in [9.17, 15) is 33.6 Å². The maximum Gasteiger partial charge on any atom is 0.330 e. The molecule has 0 amide bonds. The Kier molecular flexibility index (Phi) is 58.4. The number of allylic oxidation sites excluding steroid dienone is 9. The number of rotatable bonds is 27. The van der Waals surface area contributed by atoms with Gasteiger partial charge in [-0.25, -0.2) is 14.4 Å². The predicted molar refractivity (Wildman–Crippen MR) is 395 cm³/mol. The number of thiol groups is 1. The molecule has 0 atom stereocenters. The normalized spacial score (nSPS) is 10.6. The van der Waals surface area contributed by atoms with Crippen LogP contribution in [0.15, 0.2) is 200 Å². The molecule has 94 heavy (non-hydrogen) atoms. The Morgan fingerprint density at radius 2 is 0.830 bits per heavy atom. The van der Waals surface area contributed by atoms with Crippen LogP contribution in [0.25, 0.3) is 30.4 Å². The number of aliphatic hydroxyl groups is 2. The Bertz CT molecular complexity index is 3150. The van der Waals surface area contributed by atoms with Crippen molar-refractivity contribution in [2.45, 2.75) is 35.1 Å². The van der Waals surface area contributed by atoms with Crippen molar-refractivity contribution < 1.29 is 77.3 Å². The summed E-state index contributed by atoms with van der Waals surface area (Å²) >= 11 is 20.0. The second kappa shape index (κ2) is 61.0. The van der Waals surface area contributed by atoms with Gasteiger partial charge in [0.05, 0.1) is 41.7 Å². The van der Waals surface area contributed by atoms with Crippen LogP contribution in [0.3, 0.4) is 0 Å². The van der Waals surface area contributed by atoms with Crippen LogP contribution < -0.4 is 18.9 Å². The second-order valence-corrected chi connectivity index (χ2v) is 22.9. The lowest BCUT2D eigenvalue weighted by molar-refractivity contribution is -0.137. The summed E-state index contributed by atoms with van der Waals surface area (Å²) in [4.78, 5) is 75.2. The van der Waals surface area contributed by atoms with Crippen molar-refractivity contribution in [2.75, 3.05) is 77.9 Å². The number of ether oxygens (including phenoxy) is 6. The maximum absolute atomic E-state index is 11.5. The van der Waals surface area contributed by atoms with Crippen molar-refractivity contribution in [3.05, 3.63) is 234 Å². The van der Waals surface area contributed by atoms with Crippen LogP contribution in [0, 0.1) is 6.92 Å². The summed E-state index contributed by atoms with van der Waals surface area (Å²) in [6.45, 7) is 8.14. The van der Waals surface area contributed by atoms with Crippen LogP contribution in [0.1, 0.15) is 61.6 Å². The molecule has 0 fully saturated rings. The van der Waals surface area contributed by atoms with Crippen molar-refractivity contribution >= 4 is 138 Å². The van der Waals surface area contributed by atoms with E-state index in [0.717, 1.165) is 68.7 Å². The molecular formula is C72H86Cl2O16S4. The second-order valence-electron chi connectivity index (χ2n) is 17.5. The lowest BCUT2D eigenvalue weighted by Gasteiger charge is -2.01. The molecule has 0 aromatic heterocycles. The SMILES string of the molecule is C.C/C=C/C=C/C(=O)SCCOC(=O)/C=C/c1ccc(OC)cc1.CC(=O)C=Cc1ccc(C)cc1.CC=CC=CC(=O)Cl.COc1ccc(/C=C/C(=O)Cl)cc1.COc1ccc(/C=C/C(=O)O)cc1.COc1ccc(/C=C/C(=O)OCCS)cc1.OCCS(=S)CCO. The van der Waals surface area contributed by atoms with Crippen molar-refractivity contribution in [1.82, 2.24) is 0 Å². The number of halogens is 2. The van der Waals surface area contributed by atoms with Gasteiger partial charge in [0, 0.05) is 41.2 Å². The topological polar surface area (TPSA) is 236 Å². The highest BCUT2D eigenvalue weighted by atomic mass is 35.5. The Hall–Kier alpha value is -8.18. The molecule has 5 aromatic rings. The fraction of sp³-hybridized carbons (Fsp3) is 0.236. The Morgan fingerprint density at radius 3 is 1.15 bits per heavy atom. The molecule has 0 unspecified atom stereocenters. The molecule has 16 nitrogen and oxygen atoms in total. The third-order valence-corrected chi connectivity index (χ3v) is 13.8. The van der Waals surface area contributed by atoms with E-state index in [-0.39, 0.29) is 53.6 Å². The number of hydrogen-bond donors (Lipinski definition) is 4. The molecule has 0 bridgehead atoms. The van der Waals surface area contributed by atoms with E-state index >= 15 is 0 Å². The van der Waals surface area contributed by atoms with Gasteiger partial charge >= 0.3 is 17.9 Å². The van der Waals surface area contributed by atoms with Crippen LogP contribution in [-0.4, -0.2) is 132 Å². The van der Waals surface area contributed by atoms with E-state index in [4.69, 9.17) is 78.1 Å². The summed E-state index contributed by atoms with van der Waals surface area (Å²) < 4.78 is 29.9. The molecule has 0 aliphatic heterocycles. The predicted octanol–water partition coefficient (Wildman–Crippen LogP) is 14.3. The van der Waals surface area contributed by atoms with Crippen molar-refractivity contribution in [2.24, 2.45) is 0 Å². The van der Waals surface area contributed by atoms with Gasteiger partial charge in [0.25, 0.3) is 0 Å². The third kappa shape index (κ3) is 55.5. The zero-order chi connectivity index (χ0) is 69.9. The average molecular weight is 1410 g/mol. The summed E-state index contributed by atoms with van der Waals surface area (Å²) in [6.07, 6.45) is 28.3. The van der Waals surface area contributed by atoms with Gasteiger partial charge in [0.1, 0.15) is 36.2 Å². The highest BCUT2D eigenvalue weighted by molar-refractivity contribution is 8.28. The van der Waals surface area contributed by atoms with Gasteiger partial charge < -0.3 is 43.7 Å². The van der Waals surface area contributed by atoms with Crippen LogP contribution in [0.2, 0.25) is 0 Å². The van der Waals surface area contributed by atoms with Crippen LogP contribution in [-0.2, 0) is 63.7 Å². The minimum atomic E-state index is -0.948. The van der Waals surface area contributed by atoms with Gasteiger partial charge in [0.2, 0.25) is 15.6 Å². The molecule has 5 aromatic carbocycles. The van der Waals surface area contributed by atoms with E-state index in [0.29, 0.717) is 29.6 Å². The van der Waals surface area contributed by atoms with E-state index in [1.54, 1.807) is 108 Å². The lowest BCUT2D eigenvalue weighted by Crippen LogP contribution is -2.07. The first-order valence-corrected chi connectivity index (χ1v) is 32.9. The fourth-order valence-corrected chi connectivity index (χ4v) is 7.61. The molecule has 0 saturated heterocycles. The minimum absolute atomic E-state index is 0. The molecule has 3 N–H and O–H groups in total. The van der Waals surface area contributed by atoms with Gasteiger partial charge in [-0.1, -0.05) is 157 Å². The number of ketones is 1. The summed E-state index contributed by atoms with van der Waals surface area (Å²) in [5.74, 6) is 3.69. The number of carboxylic acid groups (broad SMARTS) is 1. The van der Waals surface area contributed by atoms with Crippen LogP contribution in [0.5, 0.6) is 23.0 Å². The number of hydrogen-bond acceptors (Lipinski definition) is 18. The first kappa shape index (κ1) is 90.0. The number of thioether (sulfide) groups is 1. The highest BCUT2D eigenvalue weighted by Crippen LogP contribution is 2.16. The number of aryl methyl sites for hydroxylation is 1. The number of esters is 2. The standard InChI is InChI=1S/C18H20O4S.C12H14O3S.C11H12O.C10H9ClO2.C10H10O3.C6H7ClO.C4H10O2S2.CH4/c1-3-4-5-6-18(20)23-14-13-22-17(19)12-9-15-7-10-16(21-2)11-8-15;1-14-11-5-2-10(3-6-11)4-7-12(13)15-8-9-16;1-9-3-6-11(7-4-9)8-5-10(2)12;2*1-13-9-5-2-8(3-6-9)4-7-10(11)12;1-2-3-4-5-6(7)8;5-1-3-8(7)4-2-6;/h3-12H,13-14H2,1-2H3;2-7,16H,8-9H2,1H3;3-8H,1-2H3;2-7H,1H3;2-7H,1H3,(H,11,12);2-5H,1H3;5-6H,1-4H2;1H4/b4-3+,6-5+,12-9+;7-4+;;2*7-4+;;;. The fourth-order valence-electron chi connectivity index (χ4n) is 5.78. The molecule has 22 heteroatoms. The van der Waals surface area contributed by atoms with Crippen LogP contribution in [0.4, 0.5) is 0 Å². The Labute approximate surface area is 581 Å². The summed E-state index contributed by atoms with van der Waals surface area (Å²) in [7, 11) is 6.21. The van der Waals surface area contributed by atoms with Gasteiger partial charge in [-0.15, -0.1) is 9.45 Å². The molecule has 0 saturated carbocycles. The number of carboxylic acids is 1. The molecule has 0 radical (unpaired) electrons. The minimum Gasteiger partial charge on any atom is -0.497 e. The molecule has 0 heterocycles. The zero-order valence-corrected chi connectivity index (χ0v) is 58.0. The van der Waals surface area contributed by atoms with Crippen molar-refractivity contribution in [3.8, 4) is 23.0 Å². The number of aliphatic carboxylic acids is 1. The summed E-state index contributed by atoms with van der Waals surface area (Å²) in [5.41, 5.74) is 5.84. The Balaban J connectivity index is -0.00000105. The molecule has 0 aliphatic carbocycles. The van der Waals surface area contributed by atoms with Crippen molar-refractivity contribution in [1.29, 1.82) is 0 Å². The van der Waals surface area contributed by atoms with Crippen molar-refractivity contribution in [3.63, 3.8) is 0 Å².